The number of oxazole rings is 1. The molecule has 2 aromatic rings. The third-order valence-electron chi connectivity index (χ3n) is 2.14. The Bertz CT molecular complexity index is 421. The topological polar surface area (TPSA) is 76.1 Å². The van der Waals surface area contributed by atoms with E-state index in [2.05, 4.69) is 15.7 Å². The minimum Gasteiger partial charge on any atom is -0.443 e. The summed E-state index contributed by atoms with van der Waals surface area (Å²) in [5.41, 5.74) is 5.27. The van der Waals surface area contributed by atoms with Gasteiger partial charge in [0, 0.05) is 0 Å². The molecule has 1 heterocycles. The van der Waals surface area contributed by atoms with Gasteiger partial charge in [-0.2, -0.15) is 0 Å². The fourth-order valence-electron chi connectivity index (χ4n) is 1.40. The van der Waals surface area contributed by atoms with Gasteiger partial charge in [0.2, 0.25) is 0 Å². The van der Waals surface area contributed by atoms with Gasteiger partial charge < -0.3 is 9.73 Å². The highest BCUT2D eigenvalue weighted by molar-refractivity contribution is 5.72. The first-order chi connectivity index (χ1) is 6.85. The van der Waals surface area contributed by atoms with Crippen LogP contribution < -0.4 is 16.6 Å². The minimum absolute atomic E-state index is 0.0792. The third kappa shape index (κ3) is 1.48. The van der Waals surface area contributed by atoms with Crippen LogP contribution in [0.1, 0.15) is 11.7 Å². The molecule has 0 fully saturated rings. The van der Waals surface area contributed by atoms with E-state index in [0.29, 0.717) is 0 Å². The maximum atomic E-state index is 5.38. The Labute approximate surface area is 81.3 Å². The number of hydrogen-bond acceptors (Lipinski definition) is 5. The highest BCUT2D eigenvalue weighted by atomic mass is 16.3. The summed E-state index contributed by atoms with van der Waals surface area (Å²) in [6, 6.07) is 5.76. The van der Waals surface area contributed by atoms with Gasteiger partial charge in [0.15, 0.2) is 12.0 Å². The summed E-state index contributed by atoms with van der Waals surface area (Å²) in [7, 11) is 1.83. The van der Waals surface area contributed by atoms with E-state index in [9.17, 15) is 0 Å². The van der Waals surface area contributed by atoms with Crippen molar-refractivity contribution in [3.8, 4) is 0 Å². The van der Waals surface area contributed by atoms with Crippen LogP contribution >= 0.6 is 0 Å². The molecule has 1 aromatic heterocycles. The Morgan fingerprint density at radius 3 is 3.07 bits per heavy atom. The molecular formula is C9H12N4O. The molecule has 0 amide bonds. The van der Waals surface area contributed by atoms with Gasteiger partial charge in [0.05, 0.1) is 6.17 Å². The zero-order valence-electron chi connectivity index (χ0n) is 7.82. The Morgan fingerprint density at radius 1 is 1.50 bits per heavy atom. The van der Waals surface area contributed by atoms with Gasteiger partial charge >= 0.3 is 0 Å². The number of nitrogens with two attached hydrogens (primary N) is 1. The van der Waals surface area contributed by atoms with Crippen LogP contribution in [0.2, 0.25) is 0 Å². The third-order valence-corrected chi connectivity index (χ3v) is 2.14. The predicted octanol–water partition coefficient (Wildman–Crippen LogP) is 0.509. The van der Waals surface area contributed by atoms with Crippen LogP contribution in [0.5, 0.6) is 0 Å². The standard InChI is InChI=1S/C9H12N4O/c1-11-9(13-10)6-2-3-7-8(4-6)14-5-12-7/h2-5,9,11,13H,10H2,1H3. The molecule has 0 saturated carbocycles. The largest absolute Gasteiger partial charge is 0.443 e. The predicted molar refractivity (Wildman–Crippen MR) is 53.1 cm³/mol. The normalized spacial score (nSPS) is 13.3. The van der Waals surface area contributed by atoms with E-state index < -0.39 is 0 Å². The van der Waals surface area contributed by atoms with Gasteiger partial charge in [-0.3, -0.25) is 5.84 Å². The first-order valence-corrected chi connectivity index (χ1v) is 4.31. The number of nitrogens with zero attached hydrogens (tertiary/aromatic N) is 1. The second kappa shape index (κ2) is 3.75. The lowest BCUT2D eigenvalue weighted by molar-refractivity contribution is 0.488. The molecule has 4 N–H and O–H groups in total. The molecule has 1 atom stereocenters. The lowest BCUT2D eigenvalue weighted by Crippen LogP contribution is -2.36. The molecule has 0 radical (unpaired) electrons. The lowest BCUT2D eigenvalue weighted by atomic mass is 10.1. The Kier molecular flexibility index (Phi) is 2.45. The summed E-state index contributed by atoms with van der Waals surface area (Å²) in [4.78, 5) is 4.03. The van der Waals surface area contributed by atoms with Crippen LogP contribution in [0, 0.1) is 0 Å². The molecule has 5 nitrogen and oxygen atoms in total. The molecule has 0 aliphatic rings. The molecule has 5 heteroatoms. The maximum absolute atomic E-state index is 5.38. The number of fused-ring (bicyclic) bond motifs is 1. The number of hydrazine groups is 1. The van der Waals surface area contributed by atoms with Crippen molar-refractivity contribution < 1.29 is 4.42 Å². The smallest absolute Gasteiger partial charge is 0.181 e. The monoisotopic (exact) mass is 192 g/mol. The molecule has 0 saturated heterocycles. The van der Waals surface area contributed by atoms with Crippen LogP contribution in [0.25, 0.3) is 11.1 Å². The molecule has 1 aromatic carbocycles. The number of nitrogens with one attached hydrogen (secondary N) is 2. The van der Waals surface area contributed by atoms with Crippen LogP contribution in [0.4, 0.5) is 0 Å². The van der Waals surface area contributed by atoms with E-state index in [4.69, 9.17) is 10.3 Å². The van der Waals surface area contributed by atoms with Gasteiger partial charge in [0.25, 0.3) is 0 Å². The minimum atomic E-state index is -0.0792. The van der Waals surface area contributed by atoms with Crippen molar-refractivity contribution in [1.82, 2.24) is 15.7 Å². The van der Waals surface area contributed by atoms with Crippen molar-refractivity contribution in [2.45, 2.75) is 6.17 Å². The fraction of sp³-hybridized carbons (Fsp3) is 0.222. The van der Waals surface area contributed by atoms with Crippen molar-refractivity contribution in [3.05, 3.63) is 30.2 Å². The SMILES string of the molecule is CNC(NN)c1ccc2ncoc2c1. The van der Waals surface area contributed by atoms with Crippen LogP contribution in [0.15, 0.2) is 29.0 Å². The quantitative estimate of drug-likeness (QED) is 0.375. The summed E-state index contributed by atoms with van der Waals surface area (Å²) in [6.07, 6.45) is 1.35. The zero-order valence-corrected chi connectivity index (χ0v) is 7.82. The lowest BCUT2D eigenvalue weighted by Gasteiger charge is -2.14. The van der Waals surface area contributed by atoms with Crippen LogP contribution in [-0.4, -0.2) is 12.0 Å². The number of hydrogen-bond donors (Lipinski definition) is 3. The van der Waals surface area contributed by atoms with E-state index in [1.54, 1.807) is 0 Å². The van der Waals surface area contributed by atoms with Gasteiger partial charge in [-0.05, 0) is 24.7 Å². The summed E-state index contributed by atoms with van der Waals surface area (Å²) < 4.78 is 5.19. The second-order valence-corrected chi connectivity index (χ2v) is 2.97. The van der Waals surface area contributed by atoms with E-state index in [1.807, 2.05) is 25.2 Å². The van der Waals surface area contributed by atoms with Crippen molar-refractivity contribution in [1.29, 1.82) is 0 Å². The molecule has 0 aliphatic heterocycles. The van der Waals surface area contributed by atoms with Gasteiger partial charge in [-0.1, -0.05) is 6.07 Å². The fourth-order valence-corrected chi connectivity index (χ4v) is 1.40. The Morgan fingerprint density at radius 2 is 2.36 bits per heavy atom. The zero-order chi connectivity index (χ0) is 9.97. The highest BCUT2D eigenvalue weighted by Crippen LogP contribution is 2.17. The molecule has 0 aliphatic carbocycles. The molecule has 2 rings (SSSR count). The van der Waals surface area contributed by atoms with Gasteiger partial charge in [-0.15, -0.1) is 0 Å². The van der Waals surface area contributed by atoms with Crippen molar-refractivity contribution in [2.75, 3.05) is 7.05 Å². The van der Waals surface area contributed by atoms with Crippen molar-refractivity contribution in [2.24, 2.45) is 5.84 Å². The number of benzene rings is 1. The van der Waals surface area contributed by atoms with E-state index >= 15 is 0 Å². The van der Waals surface area contributed by atoms with Crippen molar-refractivity contribution >= 4 is 11.1 Å². The average molecular weight is 192 g/mol. The summed E-state index contributed by atoms with van der Waals surface area (Å²) in [5, 5.41) is 3.03. The Hall–Kier alpha value is -1.43. The summed E-state index contributed by atoms with van der Waals surface area (Å²) in [6.45, 7) is 0. The number of aromatic nitrogens is 1. The first kappa shape index (κ1) is 9.14. The first-order valence-electron chi connectivity index (χ1n) is 4.31. The van der Waals surface area contributed by atoms with E-state index in [-0.39, 0.29) is 6.17 Å². The van der Waals surface area contributed by atoms with E-state index in [0.717, 1.165) is 16.7 Å². The van der Waals surface area contributed by atoms with Gasteiger partial charge in [-0.25, -0.2) is 10.4 Å². The van der Waals surface area contributed by atoms with Crippen LogP contribution in [0.3, 0.4) is 0 Å². The van der Waals surface area contributed by atoms with Crippen LogP contribution in [-0.2, 0) is 0 Å². The summed E-state index contributed by atoms with van der Waals surface area (Å²) >= 11 is 0. The number of rotatable bonds is 3. The molecule has 0 bridgehead atoms. The molecule has 1 unspecified atom stereocenters. The molecule has 0 spiro atoms. The average Bonchev–Trinajstić information content (AvgIpc) is 2.66. The highest BCUT2D eigenvalue weighted by Gasteiger charge is 2.08. The molecule has 14 heavy (non-hydrogen) atoms. The maximum Gasteiger partial charge on any atom is 0.181 e. The van der Waals surface area contributed by atoms with Gasteiger partial charge in [0.1, 0.15) is 5.52 Å². The van der Waals surface area contributed by atoms with E-state index in [1.165, 1.54) is 6.39 Å². The second-order valence-electron chi connectivity index (χ2n) is 2.97. The molecule has 74 valence electrons. The Balaban J connectivity index is 2.42. The molecular weight excluding hydrogens is 180 g/mol. The van der Waals surface area contributed by atoms with Crippen molar-refractivity contribution in [3.63, 3.8) is 0 Å². The summed E-state index contributed by atoms with van der Waals surface area (Å²) in [5.74, 6) is 5.38.